The van der Waals surface area contributed by atoms with Crippen LogP contribution in [0.4, 0.5) is 0 Å². The Morgan fingerprint density at radius 1 is 1.05 bits per heavy atom. The van der Waals surface area contributed by atoms with Crippen LogP contribution in [0, 0.1) is 0 Å². The van der Waals surface area contributed by atoms with E-state index in [1.165, 1.54) is 22.0 Å². The highest BCUT2D eigenvalue weighted by Gasteiger charge is 2.14. The van der Waals surface area contributed by atoms with Gasteiger partial charge in [0.05, 0.1) is 34.2 Å². The molecule has 0 radical (unpaired) electrons. The maximum absolute atomic E-state index is 12.4. The molecule has 0 aliphatic heterocycles. The summed E-state index contributed by atoms with van der Waals surface area (Å²) in [5.41, 5.74) is 2.62. The average molecular weight is 533 g/mol. The van der Waals surface area contributed by atoms with Gasteiger partial charge >= 0.3 is 0 Å². The molecule has 0 fully saturated rings. The number of ether oxygens (including phenoxy) is 1. The standard InChI is InChI=1S/C26H21ClN6O3S/c27-24-10-9-23(37-24)26(35)29-16-19-17-33(31-30-19)21-8-7-20(32-13-4-2-6-25(32)34)15-22(21)36-14-11-18-5-1-3-12-28-18/h1-10,12-13,15,17H,11,14,16H2,(H,29,35). The first-order chi connectivity index (χ1) is 18.1. The first-order valence-electron chi connectivity index (χ1n) is 11.4. The Bertz CT molecular complexity index is 1580. The fraction of sp³-hybridized carbons (Fsp3) is 0.115. The number of halogens is 1. The molecule has 0 atom stereocenters. The molecule has 0 saturated carbocycles. The van der Waals surface area contributed by atoms with Crippen molar-refractivity contribution >= 4 is 28.8 Å². The summed E-state index contributed by atoms with van der Waals surface area (Å²) >= 11 is 7.12. The molecule has 0 spiro atoms. The third kappa shape index (κ3) is 5.93. The first-order valence-corrected chi connectivity index (χ1v) is 12.6. The van der Waals surface area contributed by atoms with Crippen molar-refractivity contribution in [3.8, 4) is 17.1 Å². The minimum Gasteiger partial charge on any atom is -0.491 e. The summed E-state index contributed by atoms with van der Waals surface area (Å²) < 4.78 is 9.81. The summed E-state index contributed by atoms with van der Waals surface area (Å²) in [5, 5.41) is 11.2. The third-order valence-corrected chi connectivity index (χ3v) is 6.63. The highest BCUT2D eigenvalue weighted by molar-refractivity contribution is 7.17. The van der Waals surface area contributed by atoms with Crippen LogP contribution in [0.25, 0.3) is 11.4 Å². The van der Waals surface area contributed by atoms with Crippen LogP contribution < -0.4 is 15.6 Å². The lowest BCUT2D eigenvalue weighted by Crippen LogP contribution is -2.21. The Labute approximate surface area is 220 Å². The molecular formula is C26H21ClN6O3S. The van der Waals surface area contributed by atoms with Crippen molar-refractivity contribution in [2.45, 2.75) is 13.0 Å². The lowest BCUT2D eigenvalue weighted by Gasteiger charge is -2.14. The third-order valence-electron chi connectivity index (χ3n) is 5.40. The number of hydrogen-bond acceptors (Lipinski definition) is 7. The number of nitrogens with zero attached hydrogens (tertiary/aromatic N) is 5. The van der Waals surface area contributed by atoms with Crippen LogP contribution in [-0.2, 0) is 13.0 Å². The van der Waals surface area contributed by atoms with Gasteiger partial charge in [0.2, 0.25) is 0 Å². The highest BCUT2D eigenvalue weighted by Crippen LogP contribution is 2.26. The zero-order valence-electron chi connectivity index (χ0n) is 19.5. The van der Waals surface area contributed by atoms with E-state index in [1.54, 1.807) is 53.6 Å². The van der Waals surface area contributed by atoms with Crippen LogP contribution in [0.3, 0.4) is 0 Å². The van der Waals surface area contributed by atoms with E-state index in [0.29, 0.717) is 45.1 Å². The van der Waals surface area contributed by atoms with E-state index < -0.39 is 0 Å². The number of nitrogens with one attached hydrogen (secondary N) is 1. The molecule has 0 saturated heterocycles. The van der Waals surface area contributed by atoms with Gasteiger partial charge in [0.15, 0.2) is 0 Å². The monoisotopic (exact) mass is 532 g/mol. The van der Waals surface area contributed by atoms with Crippen molar-refractivity contribution in [3.05, 3.63) is 116 Å². The number of benzene rings is 1. The van der Waals surface area contributed by atoms with Crippen molar-refractivity contribution in [2.75, 3.05) is 6.61 Å². The number of rotatable bonds is 9. The number of carbonyl (C=O) groups is 1. The molecule has 11 heteroatoms. The van der Waals surface area contributed by atoms with Gasteiger partial charge in [-0.3, -0.25) is 19.1 Å². The maximum Gasteiger partial charge on any atom is 0.261 e. The molecule has 9 nitrogen and oxygen atoms in total. The van der Waals surface area contributed by atoms with Crippen molar-refractivity contribution in [1.29, 1.82) is 0 Å². The van der Waals surface area contributed by atoms with Crippen molar-refractivity contribution in [1.82, 2.24) is 29.9 Å². The summed E-state index contributed by atoms with van der Waals surface area (Å²) in [6, 6.07) is 19.5. The molecule has 4 heterocycles. The second kappa shape index (κ2) is 11.2. The second-order valence-electron chi connectivity index (χ2n) is 7.92. The highest BCUT2D eigenvalue weighted by atomic mass is 35.5. The van der Waals surface area contributed by atoms with E-state index in [-0.39, 0.29) is 18.0 Å². The molecule has 37 heavy (non-hydrogen) atoms. The lowest BCUT2D eigenvalue weighted by atomic mass is 10.2. The van der Waals surface area contributed by atoms with Crippen molar-refractivity contribution in [3.63, 3.8) is 0 Å². The molecule has 0 bridgehead atoms. The molecule has 186 valence electrons. The van der Waals surface area contributed by atoms with Gasteiger partial charge in [-0.2, -0.15) is 0 Å². The van der Waals surface area contributed by atoms with E-state index in [9.17, 15) is 9.59 Å². The second-order valence-corrected chi connectivity index (χ2v) is 9.64. The number of pyridine rings is 2. The molecule has 1 aromatic carbocycles. The number of hydrogen-bond donors (Lipinski definition) is 1. The Morgan fingerprint density at radius 2 is 1.95 bits per heavy atom. The van der Waals surface area contributed by atoms with Crippen molar-refractivity contribution < 1.29 is 9.53 Å². The fourth-order valence-corrected chi connectivity index (χ4v) is 4.56. The van der Waals surface area contributed by atoms with Gasteiger partial charge in [-0.1, -0.05) is 28.9 Å². The smallest absolute Gasteiger partial charge is 0.261 e. The maximum atomic E-state index is 12.4. The predicted molar refractivity (Wildman–Crippen MR) is 141 cm³/mol. The summed E-state index contributed by atoms with van der Waals surface area (Å²) in [6.45, 7) is 0.569. The topological polar surface area (TPSA) is 104 Å². The van der Waals surface area contributed by atoms with Crippen LogP contribution in [0.1, 0.15) is 21.1 Å². The van der Waals surface area contributed by atoms with Gasteiger partial charge in [0.1, 0.15) is 17.1 Å². The molecule has 0 aliphatic rings. The minimum absolute atomic E-state index is 0.152. The Balaban J connectivity index is 1.37. The molecular weight excluding hydrogens is 512 g/mol. The van der Waals surface area contributed by atoms with E-state index in [1.807, 2.05) is 30.3 Å². The quantitative estimate of drug-likeness (QED) is 0.307. The van der Waals surface area contributed by atoms with Gasteiger partial charge < -0.3 is 10.1 Å². The number of carbonyl (C=O) groups excluding carboxylic acids is 1. The predicted octanol–water partition coefficient (Wildman–Crippen LogP) is 4.08. The summed E-state index contributed by atoms with van der Waals surface area (Å²) in [6.07, 6.45) is 5.77. The molecule has 1 amide bonds. The SMILES string of the molecule is O=C(NCc1cn(-c2ccc(-n3ccccc3=O)cc2OCCc2ccccn2)nn1)c1ccc(Cl)s1. The van der Waals surface area contributed by atoms with Gasteiger partial charge in [0.25, 0.3) is 11.5 Å². The summed E-state index contributed by atoms with van der Waals surface area (Å²) in [7, 11) is 0. The van der Waals surface area contributed by atoms with Gasteiger partial charge in [-0.25, -0.2) is 4.68 Å². The Morgan fingerprint density at radius 3 is 2.73 bits per heavy atom. The van der Waals surface area contributed by atoms with Crippen LogP contribution in [-0.4, -0.2) is 37.1 Å². The van der Waals surface area contributed by atoms with Crippen LogP contribution in [0.5, 0.6) is 5.75 Å². The summed E-state index contributed by atoms with van der Waals surface area (Å²) in [4.78, 5) is 29.5. The van der Waals surface area contributed by atoms with Gasteiger partial charge in [0, 0.05) is 36.6 Å². The largest absolute Gasteiger partial charge is 0.491 e. The Kier molecular flexibility index (Phi) is 7.38. The Hall–Kier alpha value is -4.28. The van der Waals surface area contributed by atoms with E-state index in [2.05, 4.69) is 20.6 Å². The van der Waals surface area contributed by atoms with Crippen LogP contribution in [0.15, 0.2) is 90.1 Å². The first kappa shape index (κ1) is 24.4. The minimum atomic E-state index is -0.234. The van der Waals surface area contributed by atoms with Crippen molar-refractivity contribution in [2.24, 2.45) is 0 Å². The van der Waals surface area contributed by atoms with Crippen LogP contribution in [0.2, 0.25) is 4.34 Å². The molecule has 5 aromatic rings. The molecule has 4 aromatic heterocycles. The molecule has 1 N–H and O–H groups in total. The normalized spacial score (nSPS) is 10.8. The average Bonchev–Trinajstić information content (AvgIpc) is 3.57. The van der Waals surface area contributed by atoms with Gasteiger partial charge in [-0.15, -0.1) is 16.4 Å². The molecule has 5 rings (SSSR count). The van der Waals surface area contributed by atoms with E-state index in [4.69, 9.17) is 16.3 Å². The van der Waals surface area contributed by atoms with Crippen LogP contribution >= 0.6 is 22.9 Å². The number of aromatic nitrogens is 5. The van der Waals surface area contributed by atoms with Gasteiger partial charge in [-0.05, 0) is 42.5 Å². The fourth-order valence-electron chi connectivity index (χ4n) is 3.60. The number of amides is 1. The summed E-state index contributed by atoms with van der Waals surface area (Å²) in [5.74, 6) is 0.292. The zero-order chi connectivity index (χ0) is 25.6. The van der Waals surface area contributed by atoms with E-state index in [0.717, 1.165) is 5.69 Å². The zero-order valence-corrected chi connectivity index (χ0v) is 21.0. The molecule has 0 aliphatic carbocycles. The van der Waals surface area contributed by atoms with E-state index >= 15 is 0 Å². The molecule has 0 unspecified atom stereocenters. The lowest BCUT2D eigenvalue weighted by molar-refractivity contribution is 0.0954. The number of thiophene rings is 1.